The Bertz CT molecular complexity index is 2060. The predicted molar refractivity (Wildman–Crippen MR) is 247 cm³/mol. The number of esters is 2. The molecule has 10 rings (SSSR count). The summed E-state index contributed by atoms with van der Waals surface area (Å²) >= 11 is 0. The Morgan fingerprint density at radius 2 is 1.41 bits per heavy atom. The summed E-state index contributed by atoms with van der Waals surface area (Å²) in [6.45, 7) is 11.8. The molecule has 4 aliphatic carbocycles. The second-order valence-electron chi connectivity index (χ2n) is 22.2. The molecule has 4 saturated carbocycles. The van der Waals surface area contributed by atoms with Gasteiger partial charge in [0.2, 0.25) is 0 Å². The maximum Gasteiger partial charge on any atom is 0.331 e. The lowest BCUT2D eigenvalue weighted by Crippen LogP contribution is -2.74. The second kappa shape index (κ2) is 19.6. The van der Waals surface area contributed by atoms with Gasteiger partial charge in [0.1, 0.15) is 36.6 Å². The Morgan fingerprint density at radius 3 is 2.09 bits per heavy atom. The highest BCUT2D eigenvalue weighted by Gasteiger charge is 2.87. The van der Waals surface area contributed by atoms with Crippen LogP contribution in [0.15, 0.2) is 36.4 Å². The number of ether oxygens (including phenoxy) is 13. The lowest BCUT2D eigenvalue weighted by molar-refractivity contribution is -0.358. The SMILES string of the molecule is CO[C@H]1[C@@H](O)[C@H](O[C@@H]2[C@@H](C)O[C@@H](O[C@H]3[C@@H](OC)C[C@H](O[C@H]4CC[C@@]5(C)[C@@H](CC[C@@H]6[C@@H]5[C@H](OC(C)=O)[C@@H](OC(=O)/C=C/c5ccccc5)C57CO[C@@]8(C)OC65CCC78)C4)O[C@@H]3C)C[C@H]2OC)O[C@H](C)[C@H]1O. The van der Waals surface area contributed by atoms with Crippen LogP contribution in [-0.2, 0) is 71.2 Å². The summed E-state index contributed by atoms with van der Waals surface area (Å²) in [5, 5.41) is 21.4. The van der Waals surface area contributed by atoms with Crippen LogP contribution in [0.5, 0.6) is 0 Å². The molecule has 3 unspecified atom stereocenters. The van der Waals surface area contributed by atoms with Crippen molar-refractivity contribution in [1.29, 1.82) is 0 Å². The number of benzene rings is 1. The number of methoxy groups -OCH3 is 3. The van der Waals surface area contributed by atoms with E-state index in [0.29, 0.717) is 19.4 Å². The van der Waals surface area contributed by atoms with E-state index in [2.05, 4.69) is 6.92 Å². The van der Waals surface area contributed by atoms with Crippen LogP contribution in [0.25, 0.3) is 6.08 Å². The molecule has 5 aliphatic heterocycles. The number of fused-ring (bicyclic) bond motifs is 3. The van der Waals surface area contributed by atoms with Gasteiger partial charge in [-0.1, -0.05) is 37.3 Å². The van der Waals surface area contributed by atoms with Gasteiger partial charge in [-0.25, -0.2) is 4.79 Å². The molecule has 24 atom stereocenters. The topological polar surface area (TPSA) is 195 Å². The number of hydrogen-bond acceptors (Lipinski definition) is 17. The van der Waals surface area contributed by atoms with Crippen LogP contribution in [0.1, 0.15) is 105 Å². The van der Waals surface area contributed by atoms with Gasteiger partial charge in [-0.15, -0.1) is 0 Å². The Labute approximate surface area is 411 Å². The predicted octanol–water partition coefficient (Wildman–Crippen LogP) is 5.24. The molecule has 4 bridgehead atoms. The van der Waals surface area contributed by atoms with E-state index in [0.717, 1.165) is 50.5 Å². The van der Waals surface area contributed by atoms with E-state index in [1.54, 1.807) is 27.2 Å². The first-order valence-electron chi connectivity index (χ1n) is 25.8. The van der Waals surface area contributed by atoms with Gasteiger partial charge in [0, 0.05) is 59.0 Å². The average Bonchev–Trinajstić information content (AvgIpc) is 3.91. The van der Waals surface area contributed by atoms with E-state index in [1.807, 2.05) is 51.1 Å². The Hall–Kier alpha value is -2.62. The van der Waals surface area contributed by atoms with Gasteiger partial charge in [0.05, 0.1) is 54.2 Å². The van der Waals surface area contributed by atoms with Crippen molar-refractivity contribution in [2.45, 2.75) is 209 Å². The molecule has 9 fully saturated rings. The van der Waals surface area contributed by atoms with E-state index in [1.165, 1.54) is 20.1 Å². The first-order valence-corrected chi connectivity index (χ1v) is 25.8. The molecule has 5 heterocycles. The number of hydrogen-bond donors (Lipinski definition) is 2. The van der Waals surface area contributed by atoms with Crippen LogP contribution in [0.2, 0.25) is 0 Å². The van der Waals surface area contributed by atoms with E-state index in [9.17, 15) is 19.8 Å². The van der Waals surface area contributed by atoms with E-state index >= 15 is 0 Å². The molecule has 1 spiro atoms. The largest absolute Gasteiger partial charge is 0.458 e. The first-order chi connectivity index (χ1) is 33.5. The molecule has 2 N–H and O–H groups in total. The van der Waals surface area contributed by atoms with Crippen LogP contribution in [0, 0.1) is 34.5 Å². The monoisotopic (exact) mass is 985 g/mol. The van der Waals surface area contributed by atoms with Crippen LogP contribution in [0.3, 0.4) is 0 Å². The lowest BCUT2D eigenvalue weighted by Gasteiger charge is -2.66. The molecule has 0 amide bonds. The highest BCUT2D eigenvalue weighted by atomic mass is 16.8. The van der Waals surface area contributed by atoms with Gasteiger partial charge in [0.25, 0.3) is 0 Å². The molecule has 1 aromatic rings. The van der Waals surface area contributed by atoms with Crippen molar-refractivity contribution in [3.63, 3.8) is 0 Å². The molecule has 5 saturated heterocycles. The fourth-order valence-corrected chi connectivity index (χ4v) is 15.6. The molecule has 0 aromatic heterocycles. The van der Waals surface area contributed by atoms with Crippen molar-refractivity contribution in [3.05, 3.63) is 42.0 Å². The summed E-state index contributed by atoms with van der Waals surface area (Å²) in [6.07, 6.45) is -0.352. The van der Waals surface area contributed by atoms with Crippen molar-refractivity contribution in [3.8, 4) is 0 Å². The zero-order chi connectivity index (χ0) is 49.5. The number of aliphatic hydroxyl groups excluding tert-OH is 2. The van der Waals surface area contributed by atoms with Gasteiger partial charge in [0.15, 0.2) is 30.8 Å². The summed E-state index contributed by atoms with van der Waals surface area (Å²) < 4.78 is 82.9. The van der Waals surface area contributed by atoms with Gasteiger partial charge < -0.3 is 71.8 Å². The fourth-order valence-electron chi connectivity index (χ4n) is 15.6. The Kier molecular flexibility index (Phi) is 14.2. The van der Waals surface area contributed by atoms with Crippen molar-refractivity contribution < 1.29 is 81.4 Å². The molecule has 70 heavy (non-hydrogen) atoms. The fraction of sp³-hybridized carbons (Fsp3) is 0.811. The molecular weight excluding hydrogens is 909 g/mol. The molecule has 1 aromatic carbocycles. The normalized spacial score (nSPS) is 50.6. The van der Waals surface area contributed by atoms with Crippen LogP contribution < -0.4 is 0 Å². The molecular formula is C53H76O17. The third-order valence-corrected chi connectivity index (χ3v) is 18.7. The van der Waals surface area contributed by atoms with Crippen LogP contribution >= 0.6 is 0 Å². The van der Waals surface area contributed by atoms with Gasteiger partial charge in [-0.3, -0.25) is 4.79 Å². The van der Waals surface area contributed by atoms with Gasteiger partial charge in [-0.2, -0.15) is 0 Å². The first kappa shape index (κ1) is 50.9. The lowest BCUT2D eigenvalue weighted by atomic mass is 9.42. The minimum Gasteiger partial charge on any atom is -0.458 e. The van der Waals surface area contributed by atoms with Crippen LogP contribution in [0.4, 0.5) is 0 Å². The highest BCUT2D eigenvalue weighted by Crippen LogP contribution is 2.79. The highest BCUT2D eigenvalue weighted by molar-refractivity contribution is 5.87. The zero-order valence-electron chi connectivity index (χ0n) is 42.2. The molecule has 0 radical (unpaired) electrons. The zero-order valence-corrected chi connectivity index (χ0v) is 42.2. The quantitative estimate of drug-likeness (QED) is 0.148. The Balaban J connectivity index is 0.808. The number of carbonyl (C=O) groups excluding carboxylic acids is 2. The summed E-state index contributed by atoms with van der Waals surface area (Å²) in [5.74, 6) is -1.48. The number of carbonyl (C=O) groups is 2. The molecule has 390 valence electrons. The van der Waals surface area contributed by atoms with E-state index < -0.39 is 115 Å². The second-order valence-corrected chi connectivity index (χ2v) is 22.2. The Morgan fingerprint density at radius 1 is 0.729 bits per heavy atom. The third kappa shape index (κ3) is 8.42. The third-order valence-electron chi connectivity index (χ3n) is 18.7. The standard InChI is InChI=1S/C53H76O17/c1-27-42(56)47(60-9)43(57)49(64-27)69-45-29(3)63-40(25-36(45)59-8)68-44-28(2)62-39(24-35(44)58-7)66-33-19-21-50(5)32(23-33)16-17-34-41(50)46(65-30(4)54)48(67-38(55)18-15-31-13-11-10-12-14-31)52-26-61-51(6)37(52)20-22-53(34,52)70-51/h10-15,18,27-29,32-37,39-49,56-57H,16-17,19-26H2,1-9H3/b18-15+/t27-,28-,29-,32+,33+,34-,35+,36-,37?,39+,40+,41-,42-,43-,44-,45-,46+,47-,48-,49+,50+,51+,52?,53?/m1/s1. The summed E-state index contributed by atoms with van der Waals surface area (Å²) in [6, 6.07) is 9.65. The maximum absolute atomic E-state index is 14.0. The molecule has 17 heteroatoms. The average molecular weight is 985 g/mol. The van der Waals surface area contributed by atoms with Crippen LogP contribution in [-0.4, -0.2) is 160 Å². The minimum absolute atomic E-state index is 0.000157. The maximum atomic E-state index is 14.0. The van der Waals surface area contributed by atoms with E-state index in [-0.39, 0.29) is 41.3 Å². The van der Waals surface area contributed by atoms with Crippen molar-refractivity contribution in [2.75, 3.05) is 27.9 Å². The van der Waals surface area contributed by atoms with Crippen molar-refractivity contribution in [2.24, 2.45) is 34.5 Å². The van der Waals surface area contributed by atoms with Gasteiger partial charge in [-0.05, 0) is 102 Å². The van der Waals surface area contributed by atoms with Crippen molar-refractivity contribution in [1.82, 2.24) is 0 Å². The minimum atomic E-state index is -1.23. The smallest absolute Gasteiger partial charge is 0.331 e. The number of aliphatic hydroxyl groups is 2. The summed E-state index contributed by atoms with van der Waals surface area (Å²) in [5.41, 5.74) is -0.612. The summed E-state index contributed by atoms with van der Waals surface area (Å²) in [7, 11) is 4.70. The molecule has 17 nitrogen and oxygen atoms in total. The number of rotatable bonds is 13. The van der Waals surface area contributed by atoms with Gasteiger partial charge >= 0.3 is 11.9 Å². The summed E-state index contributed by atoms with van der Waals surface area (Å²) in [4.78, 5) is 27.2. The van der Waals surface area contributed by atoms with E-state index in [4.69, 9.17) is 61.6 Å². The van der Waals surface area contributed by atoms with Crippen molar-refractivity contribution >= 4 is 18.0 Å². The molecule has 9 aliphatic rings.